The van der Waals surface area contributed by atoms with Crippen LogP contribution in [-0.2, 0) is 4.79 Å². The summed E-state index contributed by atoms with van der Waals surface area (Å²) in [7, 11) is 0. The number of nitrogens with two attached hydrogens (primary N) is 1. The monoisotopic (exact) mass is 184 g/mol. The summed E-state index contributed by atoms with van der Waals surface area (Å²) in [5, 5.41) is 2.88. The van der Waals surface area contributed by atoms with Gasteiger partial charge in [0, 0.05) is 18.5 Å². The van der Waals surface area contributed by atoms with E-state index in [1.165, 1.54) is 0 Å². The molecule has 1 amide bonds. The Morgan fingerprint density at radius 3 is 2.38 bits per heavy atom. The van der Waals surface area contributed by atoms with Crippen LogP contribution < -0.4 is 11.1 Å². The van der Waals surface area contributed by atoms with Gasteiger partial charge in [-0.25, -0.2) is 0 Å². The lowest BCUT2D eigenvalue weighted by molar-refractivity contribution is -0.122. The van der Waals surface area contributed by atoms with Crippen LogP contribution in [0.3, 0.4) is 0 Å². The summed E-state index contributed by atoms with van der Waals surface area (Å²) < 4.78 is 0. The molecular weight excluding hydrogens is 164 g/mol. The zero-order valence-corrected chi connectivity index (χ0v) is 8.81. The molecule has 0 unspecified atom stereocenters. The second kappa shape index (κ2) is 3.29. The van der Waals surface area contributed by atoms with Crippen molar-refractivity contribution in [3.63, 3.8) is 0 Å². The third-order valence-electron chi connectivity index (χ3n) is 2.22. The van der Waals surface area contributed by atoms with E-state index in [1.807, 2.05) is 0 Å². The molecule has 0 atom stereocenters. The molecule has 0 radical (unpaired) electrons. The van der Waals surface area contributed by atoms with Crippen LogP contribution in [0.5, 0.6) is 0 Å². The largest absolute Gasteiger partial charge is 0.354 e. The Kier molecular flexibility index (Phi) is 2.66. The molecule has 3 N–H and O–H groups in total. The Bertz CT molecular complexity index is 201. The summed E-state index contributed by atoms with van der Waals surface area (Å²) in [4.78, 5) is 11.4. The first-order chi connectivity index (χ1) is 5.81. The topological polar surface area (TPSA) is 55.1 Å². The van der Waals surface area contributed by atoms with Crippen LogP contribution in [0.15, 0.2) is 0 Å². The zero-order chi connectivity index (χ0) is 10.1. The lowest BCUT2D eigenvalue weighted by atomic mass is 9.92. The van der Waals surface area contributed by atoms with E-state index in [0.717, 1.165) is 12.8 Å². The summed E-state index contributed by atoms with van der Waals surface area (Å²) in [5.41, 5.74) is 5.83. The second-order valence-electron chi connectivity index (χ2n) is 5.38. The van der Waals surface area contributed by atoms with Crippen molar-refractivity contribution in [3.8, 4) is 0 Å². The van der Waals surface area contributed by atoms with Gasteiger partial charge in [0.1, 0.15) is 0 Å². The van der Waals surface area contributed by atoms with Crippen molar-refractivity contribution in [2.45, 2.75) is 45.6 Å². The third-order valence-corrected chi connectivity index (χ3v) is 2.22. The van der Waals surface area contributed by atoms with Crippen LogP contribution in [-0.4, -0.2) is 18.0 Å². The van der Waals surface area contributed by atoms with Gasteiger partial charge in [-0.3, -0.25) is 4.79 Å². The van der Waals surface area contributed by atoms with Gasteiger partial charge in [0.25, 0.3) is 0 Å². The van der Waals surface area contributed by atoms with Crippen LogP contribution >= 0.6 is 0 Å². The quantitative estimate of drug-likeness (QED) is 0.688. The van der Waals surface area contributed by atoms with Crippen molar-refractivity contribution >= 4 is 5.91 Å². The van der Waals surface area contributed by atoms with Crippen molar-refractivity contribution in [1.29, 1.82) is 0 Å². The molecule has 1 saturated carbocycles. The fraction of sp³-hybridized carbons (Fsp3) is 0.900. The summed E-state index contributed by atoms with van der Waals surface area (Å²) in [6.45, 7) is 6.81. The van der Waals surface area contributed by atoms with Crippen molar-refractivity contribution in [2.75, 3.05) is 6.54 Å². The van der Waals surface area contributed by atoms with Crippen molar-refractivity contribution in [3.05, 3.63) is 0 Å². The van der Waals surface area contributed by atoms with E-state index < -0.39 is 0 Å². The van der Waals surface area contributed by atoms with E-state index in [9.17, 15) is 4.79 Å². The summed E-state index contributed by atoms with van der Waals surface area (Å²) in [6, 6.07) is 0. The van der Waals surface area contributed by atoms with Gasteiger partial charge in [-0.1, -0.05) is 20.8 Å². The highest BCUT2D eigenvalue weighted by atomic mass is 16.1. The van der Waals surface area contributed by atoms with E-state index in [1.54, 1.807) is 0 Å². The van der Waals surface area contributed by atoms with Crippen molar-refractivity contribution < 1.29 is 4.79 Å². The SMILES string of the molecule is CC(C)(C)CC(=O)NCC1(N)CC1. The fourth-order valence-corrected chi connectivity index (χ4v) is 1.16. The molecule has 13 heavy (non-hydrogen) atoms. The minimum Gasteiger partial charge on any atom is -0.354 e. The van der Waals surface area contributed by atoms with Gasteiger partial charge < -0.3 is 11.1 Å². The van der Waals surface area contributed by atoms with Gasteiger partial charge in [-0.05, 0) is 18.3 Å². The first-order valence-corrected chi connectivity index (χ1v) is 4.86. The van der Waals surface area contributed by atoms with Crippen LogP contribution in [0.1, 0.15) is 40.0 Å². The van der Waals surface area contributed by atoms with Crippen LogP contribution in [0.4, 0.5) is 0 Å². The van der Waals surface area contributed by atoms with E-state index in [-0.39, 0.29) is 16.9 Å². The maximum absolute atomic E-state index is 11.4. The molecule has 76 valence electrons. The Hall–Kier alpha value is -0.570. The van der Waals surface area contributed by atoms with Gasteiger partial charge in [0.2, 0.25) is 5.91 Å². The van der Waals surface area contributed by atoms with Gasteiger partial charge in [-0.2, -0.15) is 0 Å². The molecular formula is C10H20N2O. The first kappa shape index (κ1) is 10.5. The van der Waals surface area contributed by atoms with E-state index in [0.29, 0.717) is 13.0 Å². The van der Waals surface area contributed by atoms with Crippen molar-refractivity contribution in [1.82, 2.24) is 5.32 Å². The maximum Gasteiger partial charge on any atom is 0.220 e. The number of nitrogens with one attached hydrogen (secondary N) is 1. The smallest absolute Gasteiger partial charge is 0.220 e. The molecule has 1 aliphatic rings. The molecule has 0 aromatic heterocycles. The lowest BCUT2D eigenvalue weighted by Gasteiger charge is -2.18. The molecule has 0 aromatic rings. The molecule has 0 heterocycles. The predicted molar refractivity (Wildman–Crippen MR) is 53.2 cm³/mol. The highest BCUT2D eigenvalue weighted by molar-refractivity contribution is 5.76. The maximum atomic E-state index is 11.4. The summed E-state index contributed by atoms with van der Waals surface area (Å²) in [5.74, 6) is 0.115. The standard InChI is InChI=1S/C10H20N2O/c1-9(2,3)6-8(13)12-7-10(11)4-5-10/h4-7,11H2,1-3H3,(H,12,13). The molecule has 3 nitrogen and oxygen atoms in total. The number of amides is 1. The van der Waals surface area contributed by atoms with Crippen LogP contribution in [0.2, 0.25) is 0 Å². The van der Waals surface area contributed by atoms with Gasteiger partial charge >= 0.3 is 0 Å². The molecule has 0 saturated heterocycles. The molecule has 0 bridgehead atoms. The summed E-state index contributed by atoms with van der Waals surface area (Å²) >= 11 is 0. The third kappa shape index (κ3) is 4.27. The van der Waals surface area contributed by atoms with Crippen molar-refractivity contribution in [2.24, 2.45) is 11.1 Å². The minimum absolute atomic E-state index is 0.0649. The molecule has 0 aliphatic heterocycles. The Morgan fingerprint density at radius 2 is 2.00 bits per heavy atom. The first-order valence-electron chi connectivity index (χ1n) is 4.86. The van der Waals surface area contributed by atoms with Crippen LogP contribution in [0.25, 0.3) is 0 Å². The van der Waals surface area contributed by atoms with Crippen LogP contribution in [0, 0.1) is 5.41 Å². The normalized spacial score (nSPS) is 19.7. The van der Waals surface area contributed by atoms with E-state index in [4.69, 9.17) is 5.73 Å². The van der Waals surface area contributed by atoms with E-state index >= 15 is 0 Å². The zero-order valence-electron chi connectivity index (χ0n) is 8.81. The fourth-order valence-electron chi connectivity index (χ4n) is 1.16. The Morgan fingerprint density at radius 1 is 1.46 bits per heavy atom. The molecule has 0 aromatic carbocycles. The highest BCUT2D eigenvalue weighted by Crippen LogP contribution is 2.31. The number of rotatable bonds is 3. The average Bonchev–Trinajstić information content (AvgIpc) is 2.62. The number of carbonyl (C=O) groups excluding carboxylic acids is 1. The van der Waals surface area contributed by atoms with E-state index in [2.05, 4.69) is 26.1 Å². The molecule has 1 aliphatic carbocycles. The number of carbonyl (C=O) groups is 1. The molecule has 0 spiro atoms. The van der Waals surface area contributed by atoms with Gasteiger partial charge in [0.15, 0.2) is 0 Å². The molecule has 3 heteroatoms. The molecule has 1 rings (SSSR count). The van der Waals surface area contributed by atoms with Gasteiger partial charge in [-0.15, -0.1) is 0 Å². The van der Waals surface area contributed by atoms with Gasteiger partial charge in [0.05, 0.1) is 0 Å². The molecule has 1 fully saturated rings. The average molecular weight is 184 g/mol. The highest BCUT2D eigenvalue weighted by Gasteiger charge is 2.38. The lowest BCUT2D eigenvalue weighted by Crippen LogP contribution is -2.40. The number of hydrogen-bond acceptors (Lipinski definition) is 2. The predicted octanol–water partition coefficient (Wildman–Crippen LogP) is 1.03. The number of hydrogen-bond donors (Lipinski definition) is 2. The Balaban J connectivity index is 2.18. The Labute approximate surface area is 80.1 Å². The second-order valence-corrected chi connectivity index (χ2v) is 5.38. The summed E-state index contributed by atoms with van der Waals surface area (Å²) in [6.07, 6.45) is 2.66. The minimum atomic E-state index is -0.0758.